The molecule has 0 aliphatic carbocycles. The van der Waals surface area contributed by atoms with E-state index >= 15 is 0 Å². The fraction of sp³-hybridized carbons (Fsp3) is 0.524. The molecule has 0 amide bonds. The van der Waals surface area contributed by atoms with E-state index in [1.165, 1.54) is 12.1 Å². The Morgan fingerprint density at radius 2 is 2.00 bits per heavy atom. The van der Waals surface area contributed by atoms with Crippen LogP contribution in [-0.4, -0.2) is 54.8 Å². The van der Waals surface area contributed by atoms with Gasteiger partial charge >= 0.3 is 0 Å². The van der Waals surface area contributed by atoms with Gasteiger partial charge in [0.2, 0.25) is 5.95 Å². The van der Waals surface area contributed by atoms with E-state index in [1.54, 1.807) is 12.1 Å². The number of hydrogen-bond donors (Lipinski definition) is 2. The molecule has 2 N–H and O–H groups in total. The van der Waals surface area contributed by atoms with E-state index < -0.39 is 6.10 Å². The zero-order chi connectivity index (χ0) is 20.1. The number of benzene rings is 1. The first kappa shape index (κ1) is 20.5. The molecule has 2 aromatic rings. The van der Waals surface area contributed by atoms with Crippen LogP contribution in [-0.2, 0) is 6.42 Å². The van der Waals surface area contributed by atoms with Crippen LogP contribution in [0.25, 0.3) is 0 Å². The molecule has 1 aromatic carbocycles. The lowest BCUT2D eigenvalue weighted by molar-refractivity contribution is 0.166. The summed E-state index contributed by atoms with van der Waals surface area (Å²) >= 11 is 0. The van der Waals surface area contributed by atoms with Gasteiger partial charge in [0.1, 0.15) is 11.6 Å². The summed E-state index contributed by atoms with van der Waals surface area (Å²) in [5.41, 5.74) is 1.65. The second-order valence-electron chi connectivity index (χ2n) is 7.51. The molecular formula is C21H30FN5O. The molecule has 28 heavy (non-hydrogen) atoms. The maximum Gasteiger partial charge on any atom is 0.227 e. The van der Waals surface area contributed by atoms with E-state index in [-0.39, 0.29) is 5.82 Å². The van der Waals surface area contributed by atoms with Crippen LogP contribution in [0.4, 0.5) is 16.2 Å². The average Bonchev–Trinajstić information content (AvgIpc) is 2.72. The van der Waals surface area contributed by atoms with Gasteiger partial charge in [-0.1, -0.05) is 19.1 Å². The molecule has 0 bridgehead atoms. The van der Waals surface area contributed by atoms with Crippen molar-refractivity contribution in [3.8, 4) is 0 Å². The van der Waals surface area contributed by atoms with Gasteiger partial charge in [-0.2, -0.15) is 4.98 Å². The summed E-state index contributed by atoms with van der Waals surface area (Å²) in [5.74, 6) is 1.40. The van der Waals surface area contributed by atoms with Gasteiger partial charge in [0.15, 0.2) is 0 Å². The van der Waals surface area contributed by atoms with Crippen molar-refractivity contribution in [2.45, 2.75) is 38.3 Å². The van der Waals surface area contributed by atoms with Crippen molar-refractivity contribution in [3.63, 3.8) is 0 Å². The van der Waals surface area contributed by atoms with Crippen LogP contribution < -0.4 is 15.1 Å². The van der Waals surface area contributed by atoms with Gasteiger partial charge in [-0.05, 0) is 37.0 Å². The summed E-state index contributed by atoms with van der Waals surface area (Å²) in [6, 6.07) is 8.56. The summed E-state index contributed by atoms with van der Waals surface area (Å²) in [5, 5.41) is 13.7. The maximum atomic E-state index is 13.3. The number of halogens is 1. The van der Waals surface area contributed by atoms with Crippen molar-refractivity contribution in [1.82, 2.24) is 15.3 Å². The summed E-state index contributed by atoms with van der Waals surface area (Å²) in [6.07, 6.45) is 2.12. The molecular weight excluding hydrogens is 357 g/mol. The number of nitrogens with one attached hydrogen (secondary N) is 1. The molecule has 6 nitrogen and oxygen atoms in total. The molecule has 0 saturated carbocycles. The van der Waals surface area contributed by atoms with Crippen molar-refractivity contribution in [2.24, 2.45) is 0 Å². The summed E-state index contributed by atoms with van der Waals surface area (Å²) in [7, 11) is 3.91. The number of nitrogens with zero attached hydrogens (tertiary/aromatic N) is 4. The minimum Gasteiger partial charge on any atom is -0.387 e. The third kappa shape index (κ3) is 5.17. The Bertz CT molecular complexity index is 777. The average molecular weight is 388 g/mol. The van der Waals surface area contributed by atoms with Crippen molar-refractivity contribution < 1.29 is 9.50 Å². The van der Waals surface area contributed by atoms with Gasteiger partial charge in [0.25, 0.3) is 0 Å². The molecule has 1 fully saturated rings. The third-order valence-electron chi connectivity index (χ3n) is 5.17. The topological polar surface area (TPSA) is 64.5 Å². The van der Waals surface area contributed by atoms with Crippen LogP contribution in [0.2, 0.25) is 0 Å². The summed E-state index contributed by atoms with van der Waals surface area (Å²) < 4.78 is 13.3. The molecule has 0 spiro atoms. The van der Waals surface area contributed by atoms with Gasteiger partial charge in [0.05, 0.1) is 6.10 Å². The molecule has 1 aliphatic rings. The Hall–Kier alpha value is -2.25. The number of piperidine rings is 1. The molecule has 1 atom stereocenters. The van der Waals surface area contributed by atoms with E-state index in [1.807, 2.05) is 19.0 Å². The Morgan fingerprint density at radius 3 is 2.64 bits per heavy atom. The van der Waals surface area contributed by atoms with E-state index in [0.29, 0.717) is 18.2 Å². The zero-order valence-corrected chi connectivity index (χ0v) is 16.9. The molecule has 7 heteroatoms. The van der Waals surface area contributed by atoms with Crippen molar-refractivity contribution in [1.29, 1.82) is 0 Å². The minimum atomic E-state index is -0.703. The second kappa shape index (κ2) is 9.30. The molecule has 152 valence electrons. The first-order chi connectivity index (χ1) is 13.5. The Labute approximate surface area is 166 Å². The van der Waals surface area contributed by atoms with E-state index in [4.69, 9.17) is 4.98 Å². The smallest absolute Gasteiger partial charge is 0.227 e. The quantitative estimate of drug-likeness (QED) is 0.761. The SMILES string of the molecule is CCc1cc(N2CCC(NC[C@H](O)c3cccc(F)c3)CC2)nc(N(C)C)n1. The van der Waals surface area contributed by atoms with Gasteiger partial charge in [-0.3, -0.25) is 0 Å². The summed E-state index contributed by atoms with van der Waals surface area (Å²) in [6.45, 7) is 4.33. The number of aliphatic hydroxyl groups is 1. The number of aromatic nitrogens is 2. The highest BCUT2D eigenvalue weighted by Gasteiger charge is 2.22. The molecule has 1 aliphatic heterocycles. The maximum absolute atomic E-state index is 13.3. The molecule has 1 aromatic heterocycles. The minimum absolute atomic E-state index is 0.321. The Kier molecular flexibility index (Phi) is 6.80. The number of rotatable bonds is 7. The highest BCUT2D eigenvalue weighted by atomic mass is 19.1. The molecule has 0 unspecified atom stereocenters. The molecule has 0 radical (unpaired) electrons. The number of aryl methyl sites for hydroxylation is 1. The van der Waals surface area contributed by atoms with Crippen molar-refractivity contribution in [2.75, 3.05) is 43.5 Å². The van der Waals surface area contributed by atoms with Crippen LogP contribution in [0, 0.1) is 5.82 Å². The lowest BCUT2D eigenvalue weighted by Crippen LogP contribution is -2.44. The van der Waals surface area contributed by atoms with Gasteiger partial charge < -0.3 is 20.2 Å². The first-order valence-corrected chi connectivity index (χ1v) is 9.93. The fourth-order valence-electron chi connectivity index (χ4n) is 3.44. The largest absolute Gasteiger partial charge is 0.387 e. The number of hydrogen-bond acceptors (Lipinski definition) is 6. The molecule has 3 rings (SSSR count). The normalized spacial score (nSPS) is 16.2. The predicted molar refractivity (Wildman–Crippen MR) is 110 cm³/mol. The van der Waals surface area contributed by atoms with Gasteiger partial charge in [-0.15, -0.1) is 0 Å². The van der Waals surface area contributed by atoms with Gasteiger partial charge in [0, 0.05) is 51.5 Å². The predicted octanol–water partition coefficient (Wildman–Crippen LogP) is 2.54. The Balaban J connectivity index is 1.54. The number of anilines is 2. The standard InChI is InChI=1S/C21H30FN5O/c1-4-17-13-20(25-21(24-17)26(2)3)27-10-8-18(9-11-27)23-14-19(28)15-6-5-7-16(22)12-15/h5-7,12-13,18-19,23,28H,4,8-11,14H2,1-3H3/t19-/m0/s1. The molecule has 1 saturated heterocycles. The zero-order valence-electron chi connectivity index (χ0n) is 16.9. The van der Waals surface area contributed by atoms with Crippen LogP contribution >= 0.6 is 0 Å². The highest BCUT2D eigenvalue weighted by Crippen LogP contribution is 2.22. The highest BCUT2D eigenvalue weighted by molar-refractivity contribution is 5.46. The van der Waals surface area contributed by atoms with Gasteiger partial charge in [-0.25, -0.2) is 9.37 Å². The Morgan fingerprint density at radius 1 is 1.25 bits per heavy atom. The van der Waals surface area contributed by atoms with Crippen LogP contribution in [0.15, 0.2) is 30.3 Å². The first-order valence-electron chi connectivity index (χ1n) is 9.93. The fourth-order valence-corrected chi connectivity index (χ4v) is 3.44. The lowest BCUT2D eigenvalue weighted by atomic mass is 10.0. The molecule has 2 heterocycles. The van der Waals surface area contributed by atoms with Crippen LogP contribution in [0.1, 0.15) is 37.1 Å². The van der Waals surface area contributed by atoms with E-state index in [2.05, 4.69) is 28.2 Å². The number of aliphatic hydroxyl groups excluding tert-OH is 1. The second-order valence-corrected chi connectivity index (χ2v) is 7.51. The van der Waals surface area contributed by atoms with E-state index in [0.717, 1.165) is 49.8 Å². The lowest BCUT2D eigenvalue weighted by Gasteiger charge is -2.34. The van der Waals surface area contributed by atoms with E-state index in [9.17, 15) is 9.50 Å². The van der Waals surface area contributed by atoms with Crippen molar-refractivity contribution in [3.05, 3.63) is 47.4 Å². The van der Waals surface area contributed by atoms with Crippen LogP contribution in [0.3, 0.4) is 0 Å². The third-order valence-corrected chi connectivity index (χ3v) is 5.17. The summed E-state index contributed by atoms with van der Waals surface area (Å²) in [4.78, 5) is 13.5. The van der Waals surface area contributed by atoms with Crippen LogP contribution in [0.5, 0.6) is 0 Å². The van der Waals surface area contributed by atoms with Crippen molar-refractivity contribution >= 4 is 11.8 Å². The monoisotopic (exact) mass is 387 g/mol.